The molecule has 5 aromatic carbocycles. The molecule has 9 atom stereocenters. The van der Waals surface area contributed by atoms with Crippen LogP contribution in [0, 0.1) is 10.8 Å². The molecule has 90 heavy (non-hydrogen) atoms. The van der Waals surface area contributed by atoms with E-state index < -0.39 is 119 Å². The summed E-state index contributed by atoms with van der Waals surface area (Å²) in [6, 6.07) is 26.4. The van der Waals surface area contributed by atoms with Crippen LogP contribution in [0.4, 0.5) is 0 Å². The highest BCUT2D eigenvalue weighted by Gasteiger charge is 2.48. The maximum Gasteiger partial charge on any atom is 0.251 e. The molecule has 23 heteroatoms. The SMILES string of the molecule is CN[C@@H](C)C(=O)N[C@H](C(=O)N1C[C@@H](NC(=O)c2ccc(C(=O)N[C@H]3C[C@@H](C(=O)NC(c4ccc(OC)cc4)c4ccc(OI)cc4)N(C(=O)[C@@H](NC(=O)[C@H](C)NC)C(C)(C)C)C3)cc2)C[C@H]1C(=O)NC(c1ccc(OC)cc1)c1ccc(OC)cc1)C(C)(C)C. The van der Waals surface area contributed by atoms with E-state index in [-0.39, 0.29) is 37.1 Å². The summed E-state index contributed by atoms with van der Waals surface area (Å²) in [5.74, 6) is -1.47. The van der Waals surface area contributed by atoms with Gasteiger partial charge in [-0.1, -0.05) is 90.1 Å². The van der Waals surface area contributed by atoms with E-state index in [1.807, 2.05) is 90.1 Å². The average molecular weight is 1350 g/mol. The molecule has 22 nitrogen and oxygen atoms in total. The number of ether oxygens (including phenoxy) is 3. The third-order valence-electron chi connectivity index (χ3n) is 16.5. The molecule has 2 fully saturated rings. The van der Waals surface area contributed by atoms with E-state index in [9.17, 15) is 38.4 Å². The minimum absolute atomic E-state index is 0.0139. The third-order valence-corrected chi connectivity index (χ3v) is 17.0. The summed E-state index contributed by atoms with van der Waals surface area (Å²) in [6.07, 6.45) is 0.0284. The second-order valence-corrected chi connectivity index (χ2v) is 25.3. The van der Waals surface area contributed by atoms with E-state index in [0.29, 0.717) is 23.0 Å². The van der Waals surface area contributed by atoms with Crippen molar-refractivity contribution in [2.45, 2.75) is 129 Å². The lowest BCUT2D eigenvalue weighted by atomic mass is 9.85. The third kappa shape index (κ3) is 17.1. The standard InChI is InChI=1S/C67H85IN10O12/c1-38(69-9)58(79)75-56(66(3,4)5)64(85)77-36-46(34-52(77)62(83)73-54(40-18-26-48(87-11)27-19-40)41-20-28-49(88-12)29-21-41)71-60(81)44-14-16-45(17-15-44)61(82)72-47-35-53(78(37-47)65(86)57(67(6,7)8)76-59(80)39(2)70-10)63(84)74-55(42-22-30-50(89-13)31-23-42)43-24-32-51(90-68)33-25-43/h14-33,38-39,46-47,52-57,69-70H,34-37H2,1-13H3,(H,71,81)(H,72,82)(H,73,83)(H,74,84)(H,75,79)(H,76,80)/t38-,39-,46-,47-,52-,53-,55?,56+,57+/m0/s1. The largest absolute Gasteiger partial charge is 0.497 e. The van der Waals surface area contributed by atoms with Crippen LogP contribution >= 0.6 is 23.0 Å². The molecule has 5 aromatic rings. The Morgan fingerprint density at radius 3 is 1.00 bits per heavy atom. The van der Waals surface area contributed by atoms with Gasteiger partial charge in [0.25, 0.3) is 11.8 Å². The number of amides is 8. The number of rotatable bonds is 24. The molecule has 0 radical (unpaired) electrons. The van der Waals surface area contributed by atoms with Gasteiger partial charge >= 0.3 is 0 Å². The van der Waals surface area contributed by atoms with Crippen LogP contribution in [-0.4, -0.2) is 154 Å². The van der Waals surface area contributed by atoms with Crippen molar-refractivity contribution in [1.29, 1.82) is 0 Å². The minimum atomic E-state index is -1.11. The maximum absolute atomic E-state index is 14.9. The van der Waals surface area contributed by atoms with Crippen LogP contribution < -0.4 is 59.8 Å². The molecule has 8 N–H and O–H groups in total. The molecule has 0 aromatic heterocycles. The molecule has 8 amide bonds. The lowest BCUT2D eigenvalue weighted by Crippen LogP contribution is -2.59. The van der Waals surface area contributed by atoms with Gasteiger partial charge < -0.3 is 69.6 Å². The molecule has 0 saturated carbocycles. The van der Waals surface area contributed by atoms with Crippen molar-refractivity contribution in [2.75, 3.05) is 48.5 Å². The van der Waals surface area contributed by atoms with Crippen molar-refractivity contribution in [3.05, 3.63) is 155 Å². The van der Waals surface area contributed by atoms with Crippen LogP contribution in [0.3, 0.4) is 0 Å². The van der Waals surface area contributed by atoms with Crippen LogP contribution in [0.25, 0.3) is 0 Å². The predicted molar refractivity (Wildman–Crippen MR) is 349 cm³/mol. The van der Waals surface area contributed by atoms with Crippen LogP contribution in [0.15, 0.2) is 121 Å². The Morgan fingerprint density at radius 2 is 0.744 bits per heavy atom. The smallest absolute Gasteiger partial charge is 0.251 e. The molecule has 2 heterocycles. The number of carbonyl (C=O) groups is 8. The molecule has 482 valence electrons. The van der Waals surface area contributed by atoms with Crippen LogP contribution in [0.2, 0.25) is 0 Å². The summed E-state index contributed by atoms with van der Waals surface area (Å²) < 4.78 is 21.6. The summed E-state index contributed by atoms with van der Waals surface area (Å²) in [4.78, 5) is 118. The first-order chi connectivity index (χ1) is 42.7. The molecule has 2 saturated heterocycles. The Kier molecular flexibility index (Phi) is 23.4. The van der Waals surface area contributed by atoms with Crippen LogP contribution in [0.1, 0.15) is 123 Å². The van der Waals surface area contributed by atoms with Gasteiger partial charge in [-0.25, -0.2) is 0 Å². The zero-order chi connectivity index (χ0) is 65.8. The molecule has 7 rings (SSSR count). The summed E-state index contributed by atoms with van der Waals surface area (Å²) >= 11 is 1.79. The van der Waals surface area contributed by atoms with Crippen molar-refractivity contribution in [3.63, 3.8) is 0 Å². The first-order valence-electron chi connectivity index (χ1n) is 29.9. The maximum atomic E-state index is 14.9. The van der Waals surface area contributed by atoms with Crippen molar-refractivity contribution < 1.29 is 55.6 Å². The van der Waals surface area contributed by atoms with Crippen molar-refractivity contribution in [3.8, 4) is 23.0 Å². The molecule has 0 spiro atoms. The second-order valence-electron chi connectivity index (χ2n) is 24.9. The molecule has 1 unspecified atom stereocenters. The van der Waals surface area contributed by atoms with Gasteiger partial charge in [0.2, 0.25) is 35.4 Å². The topological polar surface area (TPSA) is 276 Å². The number of nitrogens with zero attached hydrogens (tertiary/aromatic N) is 2. The molecular formula is C67H85IN10O12. The van der Waals surface area contributed by atoms with Crippen molar-refractivity contribution in [2.24, 2.45) is 10.8 Å². The molecule has 2 aliphatic rings. The lowest BCUT2D eigenvalue weighted by molar-refractivity contribution is -0.144. The fraction of sp³-hybridized carbons (Fsp3) is 0.433. The fourth-order valence-corrected chi connectivity index (χ4v) is 11.2. The Balaban J connectivity index is 1.12. The van der Waals surface area contributed by atoms with Gasteiger partial charge in [-0.2, -0.15) is 0 Å². The highest BCUT2D eigenvalue weighted by Crippen LogP contribution is 2.33. The average Bonchev–Trinajstić information content (AvgIpc) is 1.64. The number of hydrogen-bond acceptors (Lipinski definition) is 14. The first-order valence-corrected chi connectivity index (χ1v) is 30.8. The van der Waals surface area contributed by atoms with E-state index >= 15 is 0 Å². The highest BCUT2D eigenvalue weighted by molar-refractivity contribution is 14.1. The Morgan fingerprint density at radius 1 is 0.456 bits per heavy atom. The van der Waals surface area contributed by atoms with Crippen LogP contribution in [-0.2, 0) is 28.8 Å². The number of methoxy groups -OCH3 is 3. The quantitative estimate of drug-likeness (QED) is 0.0333. The number of likely N-dealkylation sites (N-methyl/N-ethyl adjacent to an activating group) is 2. The van der Waals surface area contributed by atoms with E-state index in [0.717, 1.165) is 22.3 Å². The molecule has 0 aliphatic carbocycles. The van der Waals surface area contributed by atoms with Gasteiger partial charge in [0.15, 0.2) is 23.0 Å². The number of hydrogen-bond donors (Lipinski definition) is 8. The Labute approximate surface area is 541 Å². The lowest BCUT2D eigenvalue weighted by Gasteiger charge is -2.36. The predicted octanol–water partition coefficient (Wildman–Crippen LogP) is 5.93. The Bertz CT molecular complexity index is 3010. The summed E-state index contributed by atoms with van der Waals surface area (Å²) in [6.45, 7) is 14.1. The van der Waals surface area contributed by atoms with Gasteiger partial charge in [0, 0.05) is 36.3 Å². The monoisotopic (exact) mass is 1350 g/mol. The van der Waals surface area contributed by atoms with Crippen molar-refractivity contribution in [1.82, 2.24) is 52.3 Å². The van der Waals surface area contributed by atoms with E-state index in [1.165, 1.54) is 34.1 Å². The Hall–Kier alpha value is -8.29. The van der Waals surface area contributed by atoms with E-state index in [2.05, 4.69) is 42.5 Å². The van der Waals surface area contributed by atoms with Gasteiger partial charge in [0.1, 0.15) is 47.2 Å². The van der Waals surface area contributed by atoms with E-state index in [1.54, 1.807) is 121 Å². The number of halogens is 1. The van der Waals surface area contributed by atoms with Gasteiger partial charge in [-0.15, -0.1) is 0 Å². The number of likely N-dealkylation sites (tertiary alicyclic amines) is 2. The first kappa shape index (κ1) is 69.2. The molecule has 2 aliphatic heterocycles. The zero-order valence-corrected chi connectivity index (χ0v) is 55.5. The molecular weight excluding hydrogens is 1260 g/mol. The van der Waals surface area contributed by atoms with Gasteiger partial charge in [0.05, 0.1) is 45.5 Å². The summed E-state index contributed by atoms with van der Waals surface area (Å²) in [7, 11) is 7.95. The van der Waals surface area contributed by atoms with Crippen LogP contribution in [0.5, 0.6) is 23.0 Å². The normalized spacial score (nSPS) is 18.2. The van der Waals surface area contributed by atoms with Gasteiger partial charge in [-0.3, -0.25) is 38.4 Å². The number of benzene rings is 5. The molecule has 0 bridgehead atoms. The van der Waals surface area contributed by atoms with Crippen molar-refractivity contribution >= 4 is 70.3 Å². The second kappa shape index (κ2) is 30.5. The minimum Gasteiger partial charge on any atom is -0.497 e. The fourth-order valence-electron chi connectivity index (χ4n) is 10.9. The van der Waals surface area contributed by atoms with Gasteiger partial charge in [-0.05, 0) is 147 Å². The number of carbonyl (C=O) groups excluding carboxylic acids is 8. The highest BCUT2D eigenvalue weighted by atomic mass is 127. The summed E-state index contributed by atoms with van der Waals surface area (Å²) in [5.41, 5.74) is 1.65. The zero-order valence-electron chi connectivity index (χ0n) is 53.3. The summed E-state index contributed by atoms with van der Waals surface area (Å²) in [5, 5.41) is 24.0. The number of nitrogens with one attached hydrogen (secondary N) is 8. The van der Waals surface area contributed by atoms with E-state index in [4.69, 9.17) is 17.3 Å².